The zero-order chi connectivity index (χ0) is 20.1. The number of nitrogens with one attached hydrogen (secondary N) is 2. The fraction of sp³-hybridized carbons (Fsp3) is 0.0870. The van der Waals surface area contributed by atoms with Gasteiger partial charge in [0.05, 0.1) is 11.9 Å². The third-order valence-electron chi connectivity index (χ3n) is 4.45. The molecule has 0 saturated heterocycles. The van der Waals surface area contributed by atoms with Crippen LogP contribution in [0.1, 0.15) is 35.1 Å². The van der Waals surface area contributed by atoms with Crippen LogP contribution in [-0.4, -0.2) is 15.7 Å². The summed E-state index contributed by atoms with van der Waals surface area (Å²) < 4.78 is 0. The molecule has 3 aromatic rings. The van der Waals surface area contributed by atoms with Gasteiger partial charge in [0.25, 0.3) is 0 Å². The molecule has 0 atom stereocenters. The molecule has 0 bridgehead atoms. The van der Waals surface area contributed by atoms with Gasteiger partial charge in [0.15, 0.2) is 0 Å². The number of rotatable bonds is 6. The van der Waals surface area contributed by atoms with Gasteiger partial charge in [-0.25, -0.2) is 4.98 Å². The van der Waals surface area contributed by atoms with Crippen molar-refractivity contribution in [3.05, 3.63) is 88.5 Å². The molecule has 1 aromatic heterocycles. The van der Waals surface area contributed by atoms with E-state index in [1.54, 1.807) is 18.2 Å². The predicted molar refractivity (Wildman–Crippen MR) is 116 cm³/mol. The van der Waals surface area contributed by atoms with Crippen LogP contribution >= 0.6 is 11.6 Å². The molecule has 0 aliphatic heterocycles. The van der Waals surface area contributed by atoms with Crippen molar-refractivity contribution in [2.75, 3.05) is 0 Å². The minimum Gasteiger partial charge on any atom is -0.330 e. The number of nitrogens with zero attached hydrogens (tertiary/aromatic N) is 2. The highest BCUT2D eigenvalue weighted by molar-refractivity contribution is 6.32. The zero-order valence-corrected chi connectivity index (χ0v) is 16.2. The van der Waals surface area contributed by atoms with Gasteiger partial charge in [0.2, 0.25) is 0 Å². The van der Waals surface area contributed by atoms with Crippen molar-refractivity contribution >= 4 is 29.5 Å². The Morgan fingerprint density at radius 3 is 2.82 bits per heavy atom. The predicted octanol–water partition coefficient (Wildman–Crippen LogP) is 5.89. The Labute approximate surface area is 169 Å². The van der Waals surface area contributed by atoms with E-state index in [-0.39, 0.29) is 0 Å². The molecular formula is C23H19ClN4. The quantitative estimate of drug-likeness (QED) is 0.518. The van der Waals surface area contributed by atoms with E-state index >= 15 is 0 Å². The molecule has 4 nitrogen and oxygen atoms in total. The number of benzene rings is 2. The maximum Gasteiger partial charge on any atom is 0.137 e. The third kappa shape index (κ3) is 3.95. The van der Waals surface area contributed by atoms with Gasteiger partial charge in [-0.2, -0.15) is 5.26 Å². The Hall–Kier alpha value is -3.42. The molecule has 0 amide bonds. The third-order valence-corrected chi connectivity index (χ3v) is 4.78. The molecule has 2 N–H and O–H groups in total. The monoisotopic (exact) mass is 386 g/mol. The van der Waals surface area contributed by atoms with Crippen LogP contribution in [0.5, 0.6) is 0 Å². The molecule has 1 heterocycles. The number of H-pyrrole nitrogens is 1. The number of hydrogen-bond donors (Lipinski definition) is 2. The summed E-state index contributed by atoms with van der Waals surface area (Å²) in [6.45, 7) is 5.87. The van der Waals surface area contributed by atoms with Gasteiger partial charge in [0.1, 0.15) is 17.6 Å². The van der Waals surface area contributed by atoms with E-state index < -0.39 is 0 Å². The molecule has 3 rings (SSSR count). The minimum absolute atomic E-state index is 0.351. The minimum atomic E-state index is 0.351. The fourth-order valence-electron chi connectivity index (χ4n) is 3.04. The fourth-order valence-corrected chi connectivity index (χ4v) is 3.30. The number of allylic oxidation sites excluding steroid dienone is 1. The number of halogens is 1. The van der Waals surface area contributed by atoms with Crippen LogP contribution < -0.4 is 0 Å². The van der Waals surface area contributed by atoms with Crippen molar-refractivity contribution in [2.24, 2.45) is 0 Å². The van der Waals surface area contributed by atoms with Crippen LogP contribution in [0, 0.1) is 16.7 Å². The SMILES string of the molecule is C=Cc1ccc(-c2c(CC)cccc2C(=N)C=Cc2ncc(C#N)[nH]2)cc1Cl. The maximum atomic E-state index is 8.88. The van der Waals surface area contributed by atoms with E-state index in [2.05, 4.69) is 29.5 Å². The lowest BCUT2D eigenvalue weighted by Crippen LogP contribution is -2.01. The van der Waals surface area contributed by atoms with Crippen LogP contribution in [0.2, 0.25) is 5.02 Å². The molecule has 0 fully saturated rings. The van der Waals surface area contributed by atoms with E-state index in [4.69, 9.17) is 22.3 Å². The highest BCUT2D eigenvalue weighted by atomic mass is 35.5. The summed E-state index contributed by atoms with van der Waals surface area (Å²) in [4.78, 5) is 6.99. The second-order valence-electron chi connectivity index (χ2n) is 6.17. The topological polar surface area (TPSA) is 76.3 Å². The average Bonchev–Trinajstić information content (AvgIpc) is 3.19. The van der Waals surface area contributed by atoms with Crippen molar-refractivity contribution in [3.8, 4) is 17.2 Å². The summed E-state index contributed by atoms with van der Waals surface area (Å²) in [5.41, 5.74) is 5.52. The van der Waals surface area contributed by atoms with Crippen molar-refractivity contribution in [1.82, 2.24) is 9.97 Å². The summed E-state index contributed by atoms with van der Waals surface area (Å²) in [6.07, 6.45) is 7.40. The van der Waals surface area contributed by atoms with Gasteiger partial charge in [-0.15, -0.1) is 0 Å². The number of aromatic amines is 1. The first-order chi connectivity index (χ1) is 13.6. The van der Waals surface area contributed by atoms with E-state index in [0.717, 1.165) is 34.2 Å². The number of nitriles is 1. The molecule has 0 spiro atoms. The normalized spacial score (nSPS) is 10.8. The molecule has 0 unspecified atom stereocenters. The second kappa shape index (κ2) is 8.51. The second-order valence-corrected chi connectivity index (χ2v) is 6.58. The van der Waals surface area contributed by atoms with Gasteiger partial charge in [-0.3, -0.25) is 0 Å². The van der Waals surface area contributed by atoms with E-state index in [0.29, 0.717) is 22.3 Å². The van der Waals surface area contributed by atoms with E-state index in [1.165, 1.54) is 6.20 Å². The van der Waals surface area contributed by atoms with Gasteiger partial charge in [0, 0.05) is 10.6 Å². The molecule has 0 radical (unpaired) electrons. The molecule has 5 heteroatoms. The summed E-state index contributed by atoms with van der Waals surface area (Å²) in [5.74, 6) is 0.535. The molecule has 0 aliphatic carbocycles. The summed E-state index contributed by atoms with van der Waals surface area (Å²) in [7, 11) is 0. The van der Waals surface area contributed by atoms with E-state index in [9.17, 15) is 0 Å². The summed E-state index contributed by atoms with van der Waals surface area (Å²) >= 11 is 6.39. The Bertz CT molecular complexity index is 1120. The Kier molecular flexibility index (Phi) is 5.88. The zero-order valence-electron chi connectivity index (χ0n) is 15.5. The first kappa shape index (κ1) is 19.3. The van der Waals surface area contributed by atoms with Gasteiger partial charge < -0.3 is 10.4 Å². The van der Waals surface area contributed by atoms with Gasteiger partial charge >= 0.3 is 0 Å². The average molecular weight is 387 g/mol. The number of aromatic nitrogens is 2. The molecule has 28 heavy (non-hydrogen) atoms. The highest BCUT2D eigenvalue weighted by Gasteiger charge is 2.13. The Morgan fingerprint density at radius 2 is 2.18 bits per heavy atom. The molecule has 0 aliphatic rings. The standard InChI is InChI=1S/C23H19ClN4/c1-3-15-8-9-17(12-20(15)24)23-16(4-2)6-5-7-19(23)21(26)10-11-22-27-14-18(13-25)28-22/h3,5-12,14,26H,1,4H2,2H3,(H,27,28). The lowest BCUT2D eigenvalue weighted by molar-refractivity contribution is 1.14. The molecule has 0 saturated carbocycles. The first-order valence-electron chi connectivity index (χ1n) is 8.83. The lowest BCUT2D eigenvalue weighted by atomic mass is 9.90. The summed E-state index contributed by atoms with van der Waals surface area (Å²) in [6, 6.07) is 13.8. The van der Waals surface area contributed by atoms with Crippen LogP contribution in [-0.2, 0) is 6.42 Å². The first-order valence-corrected chi connectivity index (χ1v) is 9.21. The Balaban J connectivity index is 2.04. The van der Waals surface area contributed by atoms with Crippen molar-refractivity contribution < 1.29 is 0 Å². The smallest absolute Gasteiger partial charge is 0.137 e. The van der Waals surface area contributed by atoms with Gasteiger partial charge in [-0.05, 0) is 46.9 Å². The van der Waals surface area contributed by atoms with Crippen molar-refractivity contribution in [1.29, 1.82) is 10.7 Å². The molecular weight excluding hydrogens is 368 g/mol. The van der Waals surface area contributed by atoms with Crippen LogP contribution in [0.25, 0.3) is 23.3 Å². The number of imidazole rings is 1. The van der Waals surface area contributed by atoms with Crippen LogP contribution in [0.3, 0.4) is 0 Å². The van der Waals surface area contributed by atoms with E-state index in [1.807, 2.05) is 36.4 Å². The summed E-state index contributed by atoms with van der Waals surface area (Å²) in [5, 5.41) is 18.1. The number of hydrogen-bond acceptors (Lipinski definition) is 3. The largest absolute Gasteiger partial charge is 0.330 e. The maximum absolute atomic E-state index is 8.88. The molecule has 2 aromatic carbocycles. The van der Waals surface area contributed by atoms with Crippen LogP contribution in [0.4, 0.5) is 0 Å². The Morgan fingerprint density at radius 1 is 1.36 bits per heavy atom. The highest BCUT2D eigenvalue weighted by Crippen LogP contribution is 2.32. The lowest BCUT2D eigenvalue weighted by Gasteiger charge is -2.15. The van der Waals surface area contributed by atoms with Gasteiger partial charge in [-0.1, -0.05) is 61.5 Å². The van der Waals surface area contributed by atoms with Crippen molar-refractivity contribution in [3.63, 3.8) is 0 Å². The molecule has 138 valence electrons. The van der Waals surface area contributed by atoms with Crippen LogP contribution in [0.15, 0.2) is 55.3 Å². The number of aryl methyl sites for hydroxylation is 1. The van der Waals surface area contributed by atoms with Crippen molar-refractivity contribution in [2.45, 2.75) is 13.3 Å².